The fourth-order valence-corrected chi connectivity index (χ4v) is 4.09. The molecule has 0 bridgehead atoms. The van der Waals surface area contributed by atoms with Crippen LogP contribution in [-0.2, 0) is 0 Å². The Morgan fingerprint density at radius 2 is 1.68 bits per heavy atom. The molecule has 2 amide bonds. The molecule has 2 aromatic carbocycles. The van der Waals surface area contributed by atoms with Gasteiger partial charge in [0.1, 0.15) is 22.9 Å². The third-order valence-electron chi connectivity index (χ3n) is 6.08. The number of H-pyrrole nitrogens is 2. The van der Waals surface area contributed by atoms with Gasteiger partial charge in [-0.1, -0.05) is 33.3 Å². The Morgan fingerprint density at radius 1 is 0.975 bits per heavy atom. The highest BCUT2D eigenvalue weighted by atomic mass is 19.1. The van der Waals surface area contributed by atoms with Gasteiger partial charge >= 0.3 is 0 Å². The van der Waals surface area contributed by atoms with Crippen LogP contribution in [0.1, 0.15) is 67.2 Å². The predicted molar refractivity (Wildman–Crippen MR) is 153 cm³/mol. The summed E-state index contributed by atoms with van der Waals surface area (Å²) in [6.45, 7) is 9.56. The quantitative estimate of drug-likeness (QED) is 0.176. The van der Waals surface area contributed by atoms with Crippen LogP contribution in [0, 0.1) is 11.6 Å². The second kappa shape index (κ2) is 14.9. The summed E-state index contributed by atoms with van der Waals surface area (Å²) in [5, 5.41) is 11.9. The maximum Gasteiger partial charge on any atom is 0.261 e. The highest BCUT2D eigenvalue weighted by molar-refractivity contribution is 6.06. The standard InChI is InChI=1S/C22H20F2N6O2.C7H17N/c1-2-3-9-25-21(31)12-7-8-15-16(10-12)28-20(27-15)19-17(11-26-30-19)29-22(32)18-13(23)5-4-6-14(18)24;1-4-6-8(3)7-5-2/h4-8,10-11H,2-3,9H2,1H3,(H,25,31)(H,26,30)(H,27,28)(H,29,32);4-7H2,1-3H3. The SMILES string of the molecule is CCCCNC(=O)c1ccc2nc(-c3[nH]ncc3NC(=O)c3c(F)cccc3F)[nH]c2c1.CCCN(C)CCC. The van der Waals surface area contributed by atoms with E-state index in [9.17, 15) is 18.4 Å². The molecule has 0 fully saturated rings. The third-order valence-corrected chi connectivity index (χ3v) is 6.08. The van der Waals surface area contributed by atoms with Gasteiger partial charge in [-0.3, -0.25) is 14.7 Å². The number of imidazole rings is 1. The lowest BCUT2D eigenvalue weighted by Crippen LogP contribution is -2.24. The summed E-state index contributed by atoms with van der Waals surface area (Å²) < 4.78 is 27.8. The van der Waals surface area contributed by atoms with Crippen LogP contribution in [0.3, 0.4) is 0 Å². The largest absolute Gasteiger partial charge is 0.352 e. The van der Waals surface area contributed by atoms with E-state index in [0.29, 0.717) is 34.7 Å². The van der Waals surface area contributed by atoms with E-state index in [1.165, 1.54) is 38.2 Å². The second-order valence-electron chi connectivity index (χ2n) is 9.44. The first-order chi connectivity index (χ1) is 19.3. The van der Waals surface area contributed by atoms with Crippen molar-refractivity contribution < 1.29 is 18.4 Å². The Kier molecular flexibility index (Phi) is 11.3. The van der Waals surface area contributed by atoms with Crippen molar-refractivity contribution in [3.05, 3.63) is 65.4 Å². The zero-order chi connectivity index (χ0) is 29.1. The predicted octanol–water partition coefficient (Wildman–Crippen LogP) is 5.75. The molecule has 2 heterocycles. The molecule has 0 saturated heterocycles. The van der Waals surface area contributed by atoms with Crippen molar-refractivity contribution in [2.24, 2.45) is 0 Å². The van der Waals surface area contributed by atoms with Gasteiger partial charge in [-0.15, -0.1) is 0 Å². The molecule has 0 aliphatic rings. The lowest BCUT2D eigenvalue weighted by Gasteiger charge is -2.12. The number of hydrogen-bond donors (Lipinski definition) is 4. The molecule has 4 N–H and O–H groups in total. The van der Waals surface area contributed by atoms with Crippen LogP contribution in [0.15, 0.2) is 42.6 Å². The fraction of sp³-hybridized carbons (Fsp3) is 0.379. The third kappa shape index (κ3) is 7.95. The lowest BCUT2D eigenvalue weighted by atomic mass is 10.2. The molecule has 9 nitrogen and oxygen atoms in total. The van der Waals surface area contributed by atoms with Gasteiger partial charge in [-0.2, -0.15) is 5.10 Å². The molecule has 0 radical (unpaired) electrons. The van der Waals surface area contributed by atoms with Crippen LogP contribution in [0.4, 0.5) is 14.5 Å². The average molecular weight is 554 g/mol. The number of nitrogens with one attached hydrogen (secondary N) is 4. The maximum atomic E-state index is 13.9. The molecule has 2 aromatic heterocycles. The number of nitrogens with zero attached hydrogens (tertiary/aromatic N) is 3. The van der Waals surface area contributed by atoms with Crippen LogP contribution in [0.25, 0.3) is 22.6 Å². The molecule has 0 unspecified atom stereocenters. The summed E-state index contributed by atoms with van der Waals surface area (Å²) >= 11 is 0. The zero-order valence-corrected chi connectivity index (χ0v) is 23.4. The van der Waals surface area contributed by atoms with Crippen molar-refractivity contribution in [3.63, 3.8) is 0 Å². The van der Waals surface area contributed by atoms with E-state index >= 15 is 0 Å². The van der Waals surface area contributed by atoms with E-state index in [1.807, 2.05) is 6.92 Å². The molecule has 0 saturated carbocycles. The smallest absolute Gasteiger partial charge is 0.261 e. The minimum absolute atomic E-state index is 0.182. The lowest BCUT2D eigenvalue weighted by molar-refractivity contribution is 0.0952. The molecule has 4 rings (SSSR count). The molecule has 0 spiro atoms. The molecule has 40 heavy (non-hydrogen) atoms. The van der Waals surface area contributed by atoms with Gasteiger partial charge in [0.2, 0.25) is 0 Å². The number of halogens is 2. The highest BCUT2D eigenvalue weighted by Crippen LogP contribution is 2.27. The molecule has 0 atom stereocenters. The highest BCUT2D eigenvalue weighted by Gasteiger charge is 2.20. The van der Waals surface area contributed by atoms with Crippen LogP contribution in [0.5, 0.6) is 0 Å². The summed E-state index contributed by atoms with van der Waals surface area (Å²) in [5.41, 5.74) is 1.50. The zero-order valence-electron chi connectivity index (χ0n) is 23.4. The molecule has 0 aliphatic carbocycles. The van der Waals surface area contributed by atoms with E-state index in [0.717, 1.165) is 25.0 Å². The molecule has 0 aliphatic heterocycles. The van der Waals surface area contributed by atoms with Gasteiger partial charge in [-0.25, -0.2) is 13.8 Å². The van der Waals surface area contributed by atoms with E-state index in [4.69, 9.17) is 0 Å². The Hall–Kier alpha value is -4.12. The van der Waals surface area contributed by atoms with Gasteiger partial charge < -0.3 is 20.5 Å². The molecular formula is C29H37F2N7O2. The Balaban J connectivity index is 0.000000482. The first-order valence-corrected chi connectivity index (χ1v) is 13.5. The normalized spacial score (nSPS) is 10.9. The Labute approximate surface area is 232 Å². The molecular weight excluding hydrogens is 516 g/mol. The number of fused-ring (bicyclic) bond motifs is 1. The van der Waals surface area contributed by atoms with Gasteiger partial charge in [0.25, 0.3) is 11.8 Å². The number of rotatable bonds is 11. The molecule has 214 valence electrons. The van der Waals surface area contributed by atoms with Crippen molar-refractivity contribution in [2.75, 3.05) is 32.0 Å². The van der Waals surface area contributed by atoms with Crippen molar-refractivity contribution in [1.29, 1.82) is 0 Å². The number of carbonyl (C=O) groups excluding carboxylic acids is 2. The van der Waals surface area contributed by atoms with Gasteiger partial charge in [0.05, 0.1) is 22.9 Å². The van der Waals surface area contributed by atoms with Gasteiger partial charge in [0, 0.05) is 12.1 Å². The summed E-state index contributed by atoms with van der Waals surface area (Å²) in [4.78, 5) is 34.6. The number of benzene rings is 2. The molecule has 11 heteroatoms. The minimum Gasteiger partial charge on any atom is -0.352 e. The van der Waals surface area contributed by atoms with Crippen molar-refractivity contribution >= 4 is 28.5 Å². The summed E-state index contributed by atoms with van der Waals surface area (Å²) in [7, 11) is 2.17. The van der Waals surface area contributed by atoms with Crippen molar-refractivity contribution in [2.45, 2.75) is 46.5 Å². The number of aromatic amines is 2. The second-order valence-corrected chi connectivity index (χ2v) is 9.44. The minimum atomic E-state index is -0.971. The van der Waals surface area contributed by atoms with Crippen LogP contribution in [-0.4, -0.2) is 63.6 Å². The number of hydrogen-bond acceptors (Lipinski definition) is 5. The Bertz CT molecular complexity index is 1390. The monoisotopic (exact) mass is 553 g/mol. The Morgan fingerprint density at radius 3 is 2.33 bits per heavy atom. The maximum absolute atomic E-state index is 13.9. The van der Waals surface area contributed by atoms with Gasteiger partial charge in [-0.05, 0) is 69.7 Å². The average Bonchev–Trinajstić information content (AvgIpc) is 3.55. The van der Waals surface area contributed by atoms with E-state index in [-0.39, 0.29) is 11.6 Å². The van der Waals surface area contributed by atoms with Crippen LogP contribution < -0.4 is 10.6 Å². The summed E-state index contributed by atoms with van der Waals surface area (Å²) in [5.74, 6) is -2.74. The summed E-state index contributed by atoms with van der Waals surface area (Å²) in [6.07, 6.45) is 5.74. The molecule has 4 aromatic rings. The number of anilines is 1. The van der Waals surface area contributed by atoms with E-state index < -0.39 is 23.1 Å². The number of aromatic nitrogens is 4. The van der Waals surface area contributed by atoms with Crippen LogP contribution in [0.2, 0.25) is 0 Å². The van der Waals surface area contributed by atoms with Crippen LogP contribution >= 0.6 is 0 Å². The summed E-state index contributed by atoms with van der Waals surface area (Å²) in [6, 6.07) is 8.24. The number of unbranched alkanes of at least 4 members (excludes halogenated alkanes) is 1. The number of amides is 2. The first-order valence-electron chi connectivity index (χ1n) is 13.5. The number of carbonyl (C=O) groups is 2. The fourth-order valence-electron chi connectivity index (χ4n) is 4.09. The van der Waals surface area contributed by atoms with E-state index in [1.54, 1.807) is 18.2 Å². The van der Waals surface area contributed by atoms with E-state index in [2.05, 4.69) is 56.6 Å². The first kappa shape index (κ1) is 30.4. The van der Waals surface area contributed by atoms with Crippen molar-refractivity contribution in [1.82, 2.24) is 30.4 Å². The van der Waals surface area contributed by atoms with Crippen molar-refractivity contribution in [3.8, 4) is 11.5 Å². The topological polar surface area (TPSA) is 119 Å². The van der Waals surface area contributed by atoms with Gasteiger partial charge in [0.15, 0.2) is 5.82 Å².